The van der Waals surface area contributed by atoms with Gasteiger partial charge in [0.05, 0.1) is 17.5 Å². The van der Waals surface area contributed by atoms with Crippen molar-refractivity contribution in [1.29, 1.82) is 0 Å². The molecule has 148 valence electrons. The number of fused-ring (bicyclic) bond motifs is 1. The van der Waals surface area contributed by atoms with E-state index < -0.39 is 16.0 Å². The van der Waals surface area contributed by atoms with Crippen LogP contribution in [-0.2, 0) is 26.0 Å². The number of amides is 1. The molecule has 0 bridgehead atoms. The van der Waals surface area contributed by atoms with Gasteiger partial charge in [-0.05, 0) is 55.9 Å². The Bertz CT molecular complexity index is 844. The molecule has 1 aromatic carbocycles. The number of carbonyl (C=O) groups is 2. The summed E-state index contributed by atoms with van der Waals surface area (Å²) in [5.41, 5.74) is 1.72. The first-order chi connectivity index (χ1) is 12.7. The number of ether oxygens (including phenoxy) is 1. The zero-order chi connectivity index (χ0) is 19.8. The van der Waals surface area contributed by atoms with Gasteiger partial charge < -0.3 is 9.64 Å². The summed E-state index contributed by atoms with van der Waals surface area (Å²) in [4.78, 5) is 26.3. The molecule has 2 aliphatic heterocycles. The molecule has 8 heteroatoms. The Hall–Kier alpha value is -2.09. The molecular weight excluding hydrogens is 368 g/mol. The third-order valence-corrected chi connectivity index (χ3v) is 6.56. The molecule has 7 nitrogen and oxygen atoms in total. The van der Waals surface area contributed by atoms with Crippen molar-refractivity contribution >= 4 is 27.6 Å². The quantitative estimate of drug-likeness (QED) is 0.728. The van der Waals surface area contributed by atoms with Crippen LogP contribution in [0, 0.1) is 5.92 Å². The fourth-order valence-corrected chi connectivity index (χ4v) is 5.06. The van der Waals surface area contributed by atoms with E-state index >= 15 is 0 Å². The maximum Gasteiger partial charge on any atom is 0.338 e. The molecule has 0 aromatic heterocycles. The summed E-state index contributed by atoms with van der Waals surface area (Å²) in [7, 11) is -3.37. The zero-order valence-corrected chi connectivity index (χ0v) is 16.8. The highest BCUT2D eigenvalue weighted by Gasteiger charge is 2.33. The molecule has 2 heterocycles. The molecule has 27 heavy (non-hydrogen) atoms. The van der Waals surface area contributed by atoms with Gasteiger partial charge >= 0.3 is 5.97 Å². The van der Waals surface area contributed by atoms with E-state index in [1.54, 1.807) is 23.1 Å². The lowest BCUT2D eigenvalue weighted by Gasteiger charge is -2.30. The summed E-state index contributed by atoms with van der Waals surface area (Å²) < 4.78 is 30.5. The lowest BCUT2D eigenvalue weighted by Crippen LogP contribution is -2.40. The van der Waals surface area contributed by atoms with Crippen LogP contribution >= 0.6 is 0 Å². The summed E-state index contributed by atoms with van der Waals surface area (Å²) in [5.74, 6) is -0.118. The van der Waals surface area contributed by atoms with Gasteiger partial charge in [0.15, 0.2) is 6.61 Å². The number of carbonyl (C=O) groups excluding carboxylic acids is 2. The van der Waals surface area contributed by atoms with E-state index in [0.29, 0.717) is 36.7 Å². The van der Waals surface area contributed by atoms with Crippen LogP contribution < -0.4 is 4.31 Å². The van der Waals surface area contributed by atoms with Crippen molar-refractivity contribution in [3.05, 3.63) is 29.3 Å². The molecule has 1 aromatic rings. The molecule has 0 aliphatic carbocycles. The number of nitrogens with zero attached hydrogens (tertiary/aromatic N) is 2. The van der Waals surface area contributed by atoms with Crippen molar-refractivity contribution in [1.82, 2.24) is 4.90 Å². The first kappa shape index (κ1) is 19.7. The third kappa shape index (κ3) is 4.26. The molecular formula is C19H26N2O5S. The molecule has 0 saturated carbocycles. The number of likely N-dealkylation sites (tertiary alicyclic amines) is 1. The molecule has 0 N–H and O–H groups in total. The number of rotatable bonds is 4. The molecule has 1 atom stereocenters. The smallest absolute Gasteiger partial charge is 0.338 e. The van der Waals surface area contributed by atoms with Gasteiger partial charge in [-0.2, -0.15) is 0 Å². The second-order valence-corrected chi connectivity index (χ2v) is 9.45. The van der Waals surface area contributed by atoms with Crippen molar-refractivity contribution in [2.45, 2.75) is 39.2 Å². The Morgan fingerprint density at radius 1 is 1.19 bits per heavy atom. The van der Waals surface area contributed by atoms with Crippen LogP contribution in [0.15, 0.2) is 18.2 Å². The molecule has 1 amide bonds. The van der Waals surface area contributed by atoms with Crippen LogP contribution in [0.1, 0.15) is 42.6 Å². The number of sulfonamides is 1. The minimum Gasteiger partial charge on any atom is -0.452 e. The first-order valence-electron chi connectivity index (χ1n) is 9.24. The summed E-state index contributed by atoms with van der Waals surface area (Å²) >= 11 is 0. The number of hydrogen-bond acceptors (Lipinski definition) is 5. The van der Waals surface area contributed by atoms with E-state index in [-0.39, 0.29) is 18.6 Å². The van der Waals surface area contributed by atoms with Crippen LogP contribution in [0.25, 0.3) is 0 Å². The number of benzene rings is 1. The Morgan fingerprint density at radius 2 is 1.85 bits per heavy atom. The maximum atomic E-state index is 12.3. The van der Waals surface area contributed by atoms with Crippen molar-refractivity contribution in [2.75, 3.05) is 30.3 Å². The van der Waals surface area contributed by atoms with Gasteiger partial charge in [-0.3, -0.25) is 9.10 Å². The number of hydrogen-bond donors (Lipinski definition) is 0. The maximum absolute atomic E-state index is 12.3. The Morgan fingerprint density at radius 3 is 2.48 bits per heavy atom. The molecule has 0 radical (unpaired) electrons. The molecule has 0 spiro atoms. The van der Waals surface area contributed by atoms with Crippen molar-refractivity contribution in [2.24, 2.45) is 5.92 Å². The van der Waals surface area contributed by atoms with E-state index in [0.717, 1.165) is 18.4 Å². The summed E-state index contributed by atoms with van der Waals surface area (Å²) in [6, 6.07) is 4.64. The lowest BCUT2D eigenvalue weighted by molar-refractivity contribution is -0.135. The predicted octanol–water partition coefficient (Wildman–Crippen LogP) is 1.81. The topological polar surface area (TPSA) is 84.0 Å². The number of piperidine rings is 1. The van der Waals surface area contributed by atoms with Crippen molar-refractivity contribution < 1.29 is 22.7 Å². The minimum absolute atomic E-state index is 0.173. The minimum atomic E-state index is -3.37. The average molecular weight is 394 g/mol. The number of anilines is 1. The fourth-order valence-electron chi connectivity index (χ4n) is 3.79. The highest BCUT2D eigenvalue weighted by molar-refractivity contribution is 7.92. The molecule has 2 aliphatic rings. The van der Waals surface area contributed by atoms with Gasteiger partial charge in [-0.25, -0.2) is 13.2 Å². The summed E-state index contributed by atoms with van der Waals surface area (Å²) in [6.07, 6.45) is 3.65. The SMILES string of the molecule is CC1CCN(C(=O)COC(=O)c2ccc3c(c2)C[C@H](C)N3S(C)(=O)=O)CC1. The highest BCUT2D eigenvalue weighted by atomic mass is 32.2. The van der Waals surface area contributed by atoms with E-state index in [9.17, 15) is 18.0 Å². The van der Waals surface area contributed by atoms with E-state index in [1.165, 1.54) is 10.6 Å². The normalized spacial score (nSPS) is 20.5. The van der Waals surface area contributed by atoms with E-state index in [1.807, 2.05) is 6.92 Å². The van der Waals surface area contributed by atoms with Crippen LogP contribution in [-0.4, -0.2) is 57.2 Å². The Labute approximate surface area is 160 Å². The van der Waals surface area contributed by atoms with Gasteiger partial charge in [0.1, 0.15) is 0 Å². The molecule has 3 rings (SSSR count). The Balaban J connectivity index is 1.63. The van der Waals surface area contributed by atoms with Crippen molar-refractivity contribution in [3.8, 4) is 0 Å². The highest BCUT2D eigenvalue weighted by Crippen LogP contribution is 2.34. The predicted molar refractivity (Wildman–Crippen MR) is 102 cm³/mol. The largest absolute Gasteiger partial charge is 0.452 e. The standard InChI is InChI=1S/C19H26N2O5S/c1-13-6-8-20(9-7-13)18(22)12-26-19(23)15-4-5-17-16(11-15)10-14(2)21(17)27(3,24)25/h4-5,11,13-14H,6-10,12H2,1-3H3/t14-/m0/s1. The first-order valence-corrected chi connectivity index (χ1v) is 11.1. The molecule has 0 unspecified atom stereocenters. The third-order valence-electron chi connectivity index (χ3n) is 5.29. The zero-order valence-electron chi connectivity index (χ0n) is 16.0. The van der Waals surface area contributed by atoms with Crippen LogP contribution in [0.4, 0.5) is 5.69 Å². The Kier molecular flexibility index (Phi) is 5.46. The summed E-state index contributed by atoms with van der Waals surface area (Å²) in [6.45, 7) is 5.14. The molecule has 1 fully saturated rings. The van der Waals surface area contributed by atoms with Crippen LogP contribution in [0.3, 0.4) is 0 Å². The monoisotopic (exact) mass is 394 g/mol. The van der Waals surface area contributed by atoms with E-state index in [4.69, 9.17) is 4.74 Å². The second-order valence-electron chi connectivity index (χ2n) is 7.59. The van der Waals surface area contributed by atoms with E-state index in [2.05, 4.69) is 6.92 Å². The van der Waals surface area contributed by atoms with Gasteiger partial charge in [-0.15, -0.1) is 0 Å². The van der Waals surface area contributed by atoms with Gasteiger partial charge in [0.25, 0.3) is 5.91 Å². The molecule has 1 saturated heterocycles. The van der Waals surface area contributed by atoms with Crippen LogP contribution in [0.5, 0.6) is 0 Å². The number of esters is 1. The van der Waals surface area contributed by atoms with Gasteiger partial charge in [0, 0.05) is 19.1 Å². The van der Waals surface area contributed by atoms with Crippen LogP contribution in [0.2, 0.25) is 0 Å². The second kappa shape index (κ2) is 7.50. The summed E-state index contributed by atoms with van der Waals surface area (Å²) in [5, 5.41) is 0. The van der Waals surface area contributed by atoms with Gasteiger partial charge in [-0.1, -0.05) is 6.92 Å². The van der Waals surface area contributed by atoms with Gasteiger partial charge in [0.2, 0.25) is 10.0 Å². The van der Waals surface area contributed by atoms with Crippen molar-refractivity contribution in [3.63, 3.8) is 0 Å². The average Bonchev–Trinajstić information content (AvgIpc) is 2.94. The fraction of sp³-hybridized carbons (Fsp3) is 0.579. The lowest BCUT2D eigenvalue weighted by atomic mass is 9.99.